The lowest BCUT2D eigenvalue weighted by atomic mass is 9.85. The second kappa shape index (κ2) is 6.02. The maximum absolute atomic E-state index is 10.9. The molecule has 82 valence electrons. The van der Waals surface area contributed by atoms with Crippen molar-refractivity contribution >= 4 is 5.97 Å². The summed E-state index contributed by atoms with van der Waals surface area (Å²) < 4.78 is 4.46. The summed E-state index contributed by atoms with van der Waals surface area (Å²) >= 11 is 0. The molecule has 1 atom stereocenters. The van der Waals surface area contributed by atoms with Gasteiger partial charge in [-0.15, -0.1) is 0 Å². The van der Waals surface area contributed by atoms with Crippen LogP contribution in [0, 0.1) is 5.92 Å². The van der Waals surface area contributed by atoms with Crippen molar-refractivity contribution < 1.29 is 14.6 Å². The lowest BCUT2D eigenvalue weighted by molar-refractivity contribution is -0.150. The van der Waals surface area contributed by atoms with E-state index in [1.54, 1.807) is 0 Å². The van der Waals surface area contributed by atoms with Crippen LogP contribution < -0.4 is 0 Å². The quantitative estimate of drug-likeness (QED) is 0.705. The smallest absolute Gasteiger partial charge is 0.334 e. The fourth-order valence-electron chi connectivity index (χ4n) is 2.12. The van der Waals surface area contributed by atoms with Crippen LogP contribution in [0.4, 0.5) is 0 Å². The maximum Gasteiger partial charge on any atom is 0.334 e. The second-order valence-electron chi connectivity index (χ2n) is 4.12. The monoisotopic (exact) mass is 200 g/mol. The Morgan fingerprint density at radius 1 is 1.43 bits per heavy atom. The van der Waals surface area contributed by atoms with E-state index >= 15 is 0 Å². The predicted molar refractivity (Wildman–Crippen MR) is 53.8 cm³/mol. The average Bonchev–Trinajstić information content (AvgIpc) is 2.26. The number of esters is 1. The molecule has 1 aliphatic rings. The number of ether oxygens (including phenoxy) is 1. The molecule has 1 aliphatic carbocycles. The van der Waals surface area contributed by atoms with Crippen LogP contribution in [0.5, 0.6) is 0 Å². The van der Waals surface area contributed by atoms with E-state index in [1.165, 1.54) is 39.2 Å². The zero-order valence-electron chi connectivity index (χ0n) is 8.87. The summed E-state index contributed by atoms with van der Waals surface area (Å²) in [6.07, 6.45) is 7.06. The van der Waals surface area contributed by atoms with Crippen LogP contribution in [0.25, 0.3) is 0 Å². The molecule has 14 heavy (non-hydrogen) atoms. The van der Waals surface area contributed by atoms with Gasteiger partial charge in [0.25, 0.3) is 0 Å². The van der Waals surface area contributed by atoms with E-state index in [-0.39, 0.29) is 0 Å². The molecule has 0 heterocycles. The highest BCUT2D eigenvalue weighted by atomic mass is 16.5. The Balaban J connectivity index is 2.15. The normalized spacial score (nSPS) is 20.4. The zero-order valence-corrected chi connectivity index (χ0v) is 8.87. The maximum atomic E-state index is 10.9. The van der Waals surface area contributed by atoms with Crippen LogP contribution in [0.2, 0.25) is 0 Å². The van der Waals surface area contributed by atoms with E-state index in [0.717, 1.165) is 6.42 Å². The SMILES string of the molecule is COC(=O)[C@H](O)CCC1CCCCC1. The topological polar surface area (TPSA) is 46.5 Å². The standard InChI is InChI=1S/C11H20O3/c1-14-11(13)10(12)8-7-9-5-3-2-4-6-9/h9-10,12H,2-8H2,1H3/t10-/m1/s1. The van der Waals surface area contributed by atoms with Crippen LogP contribution in [-0.2, 0) is 9.53 Å². The molecule has 0 amide bonds. The first-order valence-electron chi connectivity index (χ1n) is 5.50. The van der Waals surface area contributed by atoms with E-state index in [2.05, 4.69) is 4.74 Å². The summed E-state index contributed by atoms with van der Waals surface area (Å²) in [5, 5.41) is 9.37. The van der Waals surface area contributed by atoms with Crippen molar-refractivity contribution in [3.05, 3.63) is 0 Å². The van der Waals surface area contributed by atoms with Gasteiger partial charge >= 0.3 is 5.97 Å². The molecule has 0 radical (unpaired) electrons. The predicted octanol–water partition coefficient (Wildman–Crippen LogP) is 1.88. The molecule has 0 aliphatic heterocycles. The Kier molecular flexibility index (Phi) is 4.94. The van der Waals surface area contributed by atoms with Crippen LogP contribution in [0.3, 0.4) is 0 Å². The molecule has 3 nitrogen and oxygen atoms in total. The molecule has 0 unspecified atom stereocenters. The fourth-order valence-corrected chi connectivity index (χ4v) is 2.12. The van der Waals surface area contributed by atoms with Gasteiger partial charge in [-0.1, -0.05) is 32.1 Å². The second-order valence-corrected chi connectivity index (χ2v) is 4.12. The largest absolute Gasteiger partial charge is 0.467 e. The van der Waals surface area contributed by atoms with Crippen molar-refractivity contribution in [2.45, 2.75) is 51.0 Å². The Bertz CT molecular complexity index is 173. The highest BCUT2D eigenvalue weighted by Gasteiger charge is 2.19. The summed E-state index contributed by atoms with van der Waals surface area (Å²) in [5.41, 5.74) is 0. The highest BCUT2D eigenvalue weighted by molar-refractivity contribution is 5.74. The number of rotatable bonds is 4. The number of methoxy groups -OCH3 is 1. The number of carbonyl (C=O) groups is 1. The first-order chi connectivity index (χ1) is 6.74. The lowest BCUT2D eigenvalue weighted by Gasteiger charge is -2.21. The van der Waals surface area contributed by atoms with Crippen molar-refractivity contribution in [3.8, 4) is 0 Å². The highest BCUT2D eigenvalue weighted by Crippen LogP contribution is 2.27. The third kappa shape index (κ3) is 3.66. The van der Waals surface area contributed by atoms with Gasteiger partial charge in [0.05, 0.1) is 7.11 Å². The average molecular weight is 200 g/mol. The molecular formula is C11H20O3. The van der Waals surface area contributed by atoms with E-state index in [4.69, 9.17) is 0 Å². The summed E-state index contributed by atoms with van der Waals surface area (Å²) in [6.45, 7) is 0. The Hall–Kier alpha value is -0.570. The van der Waals surface area contributed by atoms with Gasteiger partial charge < -0.3 is 9.84 Å². The van der Waals surface area contributed by atoms with Crippen LogP contribution in [0.15, 0.2) is 0 Å². The lowest BCUT2D eigenvalue weighted by Crippen LogP contribution is -2.22. The van der Waals surface area contributed by atoms with Crippen molar-refractivity contribution in [1.29, 1.82) is 0 Å². The number of carbonyl (C=O) groups excluding carboxylic acids is 1. The molecule has 3 heteroatoms. The number of aliphatic hydroxyl groups is 1. The van der Waals surface area contributed by atoms with Gasteiger partial charge in [-0.3, -0.25) is 0 Å². The Labute approximate surface area is 85.5 Å². The summed E-state index contributed by atoms with van der Waals surface area (Å²) in [4.78, 5) is 10.9. The van der Waals surface area contributed by atoms with E-state index in [1.807, 2.05) is 0 Å². The Morgan fingerprint density at radius 2 is 2.07 bits per heavy atom. The van der Waals surface area contributed by atoms with Crippen LogP contribution in [-0.4, -0.2) is 24.3 Å². The van der Waals surface area contributed by atoms with Crippen molar-refractivity contribution in [2.24, 2.45) is 5.92 Å². The van der Waals surface area contributed by atoms with Crippen molar-refractivity contribution in [1.82, 2.24) is 0 Å². The molecule has 0 aromatic rings. The van der Waals surface area contributed by atoms with E-state index in [9.17, 15) is 9.90 Å². The van der Waals surface area contributed by atoms with Gasteiger partial charge in [0.15, 0.2) is 6.10 Å². The van der Waals surface area contributed by atoms with Gasteiger partial charge in [0.1, 0.15) is 0 Å². The first kappa shape index (κ1) is 11.5. The minimum absolute atomic E-state index is 0.499. The fraction of sp³-hybridized carbons (Fsp3) is 0.909. The molecule has 1 fully saturated rings. The Morgan fingerprint density at radius 3 is 2.64 bits per heavy atom. The summed E-state index contributed by atoms with van der Waals surface area (Å²) in [5.74, 6) is 0.212. The van der Waals surface area contributed by atoms with E-state index < -0.39 is 12.1 Å². The molecule has 0 aromatic carbocycles. The van der Waals surface area contributed by atoms with Crippen LogP contribution in [0.1, 0.15) is 44.9 Å². The molecule has 1 saturated carbocycles. The van der Waals surface area contributed by atoms with Gasteiger partial charge in [-0.2, -0.15) is 0 Å². The van der Waals surface area contributed by atoms with Crippen LogP contribution >= 0.6 is 0 Å². The van der Waals surface area contributed by atoms with Crippen molar-refractivity contribution in [2.75, 3.05) is 7.11 Å². The molecular weight excluding hydrogens is 180 g/mol. The van der Waals surface area contributed by atoms with Gasteiger partial charge in [-0.25, -0.2) is 4.79 Å². The number of hydrogen-bond acceptors (Lipinski definition) is 3. The molecule has 0 aromatic heterocycles. The van der Waals surface area contributed by atoms with Gasteiger partial charge in [0.2, 0.25) is 0 Å². The summed E-state index contributed by atoms with van der Waals surface area (Å²) in [6, 6.07) is 0. The third-order valence-electron chi connectivity index (χ3n) is 3.05. The van der Waals surface area contributed by atoms with Crippen molar-refractivity contribution in [3.63, 3.8) is 0 Å². The summed E-state index contributed by atoms with van der Waals surface area (Å²) in [7, 11) is 1.31. The number of hydrogen-bond donors (Lipinski definition) is 1. The molecule has 1 N–H and O–H groups in total. The molecule has 0 spiro atoms. The molecule has 1 rings (SSSR count). The minimum atomic E-state index is -0.915. The first-order valence-corrected chi connectivity index (χ1v) is 5.50. The zero-order chi connectivity index (χ0) is 10.4. The molecule has 0 bridgehead atoms. The minimum Gasteiger partial charge on any atom is -0.467 e. The third-order valence-corrected chi connectivity index (χ3v) is 3.05. The number of aliphatic hydroxyl groups excluding tert-OH is 1. The van der Waals surface area contributed by atoms with Gasteiger partial charge in [0, 0.05) is 0 Å². The van der Waals surface area contributed by atoms with Gasteiger partial charge in [-0.05, 0) is 18.8 Å². The molecule has 0 saturated heterocycles. The van der Waals surface area contributed by atoms with E-state index in [0.29, 0.717) is 12.3 Å².